The molecule has 0 bridgehead atoms. The van der Waals surface area contributed by atoms with Crippen molar-refractivity contribution in [3.05, 3.63) is 71.3 Å². The van der Waals surface area contributed by atoms with Gasteiger partial charge in [-0.25, -0.2) is 0 Å². The van der Waals surface area contributed by atoms with Gasteiger partial charge in [-0.05, 0) is 62.5 Å². The Morgan fingerprint density at radius 3 is 1.52 bits per heavy atom. The molecule has 0 heterocycles. The van der Waals surface area contributed by atoms with Crippen LogP contribution in [0.3, 0.4) is 0 Å². The van der Waals surface area contributed by atoms with E-state index in [9.17, 15) is 0 Å². The van der Waals surface area contributed by atoms with Gasteiger partial charge in [0, 0.05) is 17.0 Å². The summed E-state index contributed by atoms with van der Waals surface area (Å²) in [6.45, 7) is 3.72. The van der Waals surface area contributed by atoms with Crippen molar-refractivity contribution in [1.29, 1.82) is 10.5 Å². The largest absolute Gasteiger partial charge is 0.499 e. The second-order valence-corrected chi connectivity index (χ2v) is 5.72. The van der Waals surface area contributed by atoms with Gasteiger partial charge in [-0.1, -0.05) is 30.3 Å². The van der Waals surface area contributed by atoms with Gasteiger partial charge in [0.1, 0.15) is 0 Å². The Morgan fingerprint density at radius 1 is 0.840 bits per heavy atom. The lowest BCUT2D eigenvalue weighted by Crippen LogP contribution is -1.92. The van der Waals surface area contributed by atoms with Crippen molar-refractivity contribution in [3.63, 3.8) is 0 Å². The summed E-state index contributed by atoms with van der Waals surface area (Å²) in [6.07, 6.45) is 0. The second-order valence-electron chi connectivity index (χ2n) is 4.95. The minimum absolute atomic E-state index is 0.0457. The lowest BCUT2D eigenvalue weighted by Gasteiger charge is -1.94. The number of nitrogens with zero attached hydrogens (tertiary/aromatic N) is 2. The van der Waals surface area contributed by atoms with Crippen LogP contribution in [-0.4, -0.2) is 20.3 Å². The van der Waals surface area contributed by atoms with Crippen LogP contribution in [0.15, 0.2) is 54.6 Å². The van der Waals surface area contributed by atoms with E-state index >= 15 is 0 Å². The smallest absolute Gasteiger partial charge is 0.188 e. The van der Waals surface area contributed by atoms with Crippen LogP contribution in [0.25, 0.3) is 0 Å². The quantitative estimate of drug-likeness (QED) is 0.733. The van der Waals surface area contributed by atoms with E-state index in [0.717, 1.165) is 0 Å². The van der Waals surface area contributed by atoms with E-state index in [4.69, 9.17) is 20.7 Å². The highest BCUT2D eigenvalue weighted by Crippen LogP contribution is 2.03. The van der Waals surface area contributed by atoms with Crippen LogP contribution in [0.4, 0.5) is 0 Å². The summed E-state index contributed by atoms with van der Waals surface area (Å²) in [6, 6.07) is 19.5. The number of aliphatic hydroxyl groups is 2. The number of thiocarbonyl (C=S) groups is 2. The van der Waals surface area contributed by atoms with E-state index in [1.54, 1.807) is 36.4 Å². The zero-order valence-corrected chi connectivity index (χ0v) is 15.5. The van der Waals surface area contributed by atoms with Crippen molar-refractivity contribution in [1.82, 2.24) is 0 Å². The SMILES string of the molecule is CC(C)C#N.N#Cc1ccc(C(O)=S)cc1.OC(=S)c1ccccc1. The van der Waals surface area contributed by atoms with Crippen LogP contribution in [0.2, 0.25) is 0 Å². The molecule has 0 aliphatic rings. The summed E-state index contributed by atoms with van der Waals surface area (Å²) in [7, 11) is 0. The third-order valence-corrected chi connectivity index (χ3v) is 3.01. The van der Waals surface area contributed by atoms with Crippen molar-refractivity contribution >= 4 is 34.5 Å². The fourth-order valence-corrected chi connectivity index (χ4v) is 1.54. The highest BCUT2D eigenvalue weighted by molar-refractivity contribution is 7.80. The number of benzene rings is 2. The van der Waals surface area contributed by atoms with Crippen molar-refractivity contribution < 1.29 is 10.2 Å². The maximum Gasteiger partial charge on any atom is 0.188 e. The standard InChI is InChI=1S/C8H5NOS.C7H6OS.C4H7N/c9-5-6-1-3-7(4-2-6)8(10)11;8-7(9)6-4-2-1-3-5-6;1-4(2)3-5/h1-4H,(H,10,11);1-5H,(H,8,9);4H,1-2H3. The maximum absolute atomic E-state index is 8.84. The van der Waals surface area contributed by atoms with Gasteiger partial charge < -0.3 is 10.2 Å². The topological polar surface area (TPSA) is 88.0 Å². The molecule has 0 aliphatic heterocycles. The number of rotatable bonds is 2. The average Bonchev–Trinajstić information content (AvgIpc) is 2.63. The first-order valence-corrected chi connectivity index (χ1v) is 8.04. The van der Waals surface area contributed by atoms with Crippen molar-refractivity contribution in [2.75, 3.05) is 0 Å². The Morgan fingerprint density at radius 2 is 1.24 bits per heavy atom. The zero-order chi connectivity index (χ0) is 19.2. The Kier molecular flexibility index (Phi) is 11.2. The van der Waals surface area contributed by atoms with Gasteiger partial charge in [-0.3, -0.25) is 0 Å². The van der Waals surface area contributed by atoms with Gasteiger partial charge >= 0.3 is 0 Å². The van der Waals surface area contributed by atoms with E-state index in [1.807, 2.05) is 44.2 Å². The highest BCUT2D eigenvalue weighted by Gasteiger charge is 1.96. The number of hydrogen-bond donors (Lipinski definition) is 2. The molecule has 25 heavy (non-hydrogen) atoms. The fraction of sp³-hybridized carbons (Fsp3) is 0.158. The van der Waals surface area contributed by atoms with Gasteiger partial charge in [-0.15, -0.1) is 0 Å². The van der Waals surface area contributed by atoms with Crippen molar-refractivity contribution in [2.24, 2.45) is 5.92 Å². The summed E-state index contributed by atoms with van der Waals surface area (Å²) in [5, 5.41) is 33.7. The minimum atomic E-state index is -0.144. The molecule has 0 aliphatic carbocycles. The Labute approximate surface area is 158 Å². The summed E-state index contributed by atoms with van der Waals surface area (Å²) in [4.78, 5) is 0. The summed E-state index contributed by atoms with van der Waals surface area (Å²) in [5.74, 6) is 0.190. The molecule has 2 N–H and O–H groups in total. The molecule has 2 aromatic rings. The first-order chi connectivity index (χ1) is 11.8. The lowest BCUT2D eigenvalue weighted by molar-refractivity contribution is 0.570. The van der Waals surface area contributed by atoms with Crippen molar-refractivity contribution in [3.8, 4) is 12.1 Å². The van der Waals surface area contributed by atoms with Gasteiger partial charge in [-0.2, -0.15) is 10.5 Å². The normalized spacial score (nSPS) is 8.52. The van der Waals surface area contributed by atoms with Gasteiger partial charge in [0.05, 0.1) is 17.7 Å². The summed E-state index contributed by atoms with van der Waals surface area (Å²) < 4.78 is 0. The molecule has 0 fully saturated rings. The van der Waals surface area contributed by atoms with Gasteiger partial charge in [0.2, 0.25) is 0 Å². The van der Waals surface area contributed by atoms with E-state index < -0.39 is 0 Å². The van der Waals surface area contributed by atoms with Crippen LogP contribution in [0.1, 0.15) is 30.5 Å². The molecule has 6 heteroatoms. The Bertz CT molecular complexity index is 759. The summed E-state index contributed by atoms with van der Waals surface area (Å²) in [5.41, 5.74) is 1.83. The predicted octanol–water partition coefficient (Wildman–Crippen LogP) is 4.88. The molecule has 4 nitrogen and oxygen atoms in total. The van der Waals surface area contributed by atoms with Crippen LogP contribution in [-0.2, 0) is 0 Å². The molecule has 0 spiro atoms. The molecule has 0 unspecified atom stereocenters. The third kappa shape index (κ3) is 10.6. The number of hydrogen-bond acceptors (Lipinski definition) is 4. The highest BCUT2D eigenvalue weighted by atomic mass is 32.1. The molecule has 2 rings (SSSR count). The van der Waals surface area contributed by atoms with E-state index in [0.29, 0.717) is 16.7 Å². The van der Waals surface area contributed by atoms with Crippen LogP contribution < -0.4 is 0 Å². The first kappa shape index (κ1) is 22.2. The molecule has 0 radical (unpaired) electrons. The molecule has 0 saturated heterocycles. The average molecular weight is 370 g/mol. The van der Waals surface area contributed by atoms with E-state index in [-0.39, 0.29) is 16.0 Å². The zero-order valence-electron chi connectivity index (χ0n) is 13.9. The Hall–Kier alpha value is -2.80. The van der Waals surface area contributed by atoms with Crippen LogP contribution in [0, 0.1) is 28.6 Å². The van der Waals surface area contributed by atoms with Crippen molar-refractivity contribution in [2.45, 2.75) is 13.8 Å². The maximum atomic E-state index is 8.84. The molecular formula is C19H18N2O2S2. The molecule has 2 aromatic carbocycles. The predicted molar refractivity (Wildman–Crippen MR) is 107 cm³/mol. The van der Waals surface area contributed by atoms with Gasteiger partial charge in [0.25, 0.3) is 0 Å². The fourth-order valence-electron chi connectivity index (χ4n) is 1.27. The van der Waals surface area contributed by atoms with Gasteiger partial charge in [0.15, 0.2) is 10.1 Å². The number of nitriles is 2. The monoisotopic (exact) mass is 370 g/mol. The molecule has 0 saturated carbocycles. The van der Waals surface area contributed by atoms with E-state index in [2.05, 4.69) is 24.4 Å². The Balaban J connectivity index is 0.000000372. The molecule has 128 valence electrons. The molecule has 0 atom stereocenters. The van der Waals surface area contributed by atoms with E-state index in [1.165, 1.54) is 0 Å². The number of aliphatic hydroxyl groups excluding tert-OH is 2. The lowest BCUT2D eigenvalue weighted by atomic mass is 10.2. The molecular weight excluding hydrogens is 352 g/mol. The third-order valence-electron chi connectivity index (χ3n) is 2.54. The second kappa shape index (κ2) is 12.6. The first-order valence-electron chi connectivity index (χ1n) is 7.23. The van der Waals surface area contributed by atoms with Crippen LogP contribution >= 0.6 is 24.4 Å². The molecule has 0 aromatic heterocycles. The molecule has 0 amide bonds. The van der Waals surface area contributed by atoms with Crippen LogP contribution in [0.5, 0.6) is 0 Å². The summed E-state index contributed by atoms with van der Waals surface area (Å²) >= 11 is 9.03. The minimum Gasteiger partial charge on any atom is -0.499 e.